The number of carbonyl (C=O) groups is 1. The molecule has 1 N–H and O–H groups in total. The summed E-state index contributed by atoms with van der Waals surface area (Å²) in [6.45, 7) is 1.63. The molecule has 1 unspecified atom stereocenters. The molecule has 0 spiro atoms. The van der Waals surface area contributed by atoms with E-state index in [9.17, 15) is 18.0 Å². The summed E-state index contributed by atoms with van der Waals surface area (Å²) in [5.74, 6) is -1.44. The quantitative estimate of drug-likeness (QED) is 0.835. The zero-order valence-electron chi connectivity index (χ0n) is 9.53. The van der Waals surface area contributed by atoms with Gasteiger partial charge in [0.15, 0.2) is 15.3 Å². The Bertz CT molecular complexity index is 699. The second kappa shape index (κ2) is 4.09. The number of aromatic carboxylic acids is 1. The van der Waals surface area contributed by atoms with Crippen molar-refractivity contribution in [3.8, 4) is 0 Å². The summed E-state index contributed by atoms with van der Waals surface area (Å²) in [5, 5.41) is 9.98. The predicted molar refractivity (Wildman–Crippen MR) is 64.4 cm³/mol. The van der Waals surface area contributed by atoms with Crippen LogP contribution in [0, 0.1) is 6.92 Å². The van der Waals surface area contributed by atoms with Gasteiger partial charge in [0.2, 0.25) is 0 Å². The first kappa shape index (κ1) is 12.6. The summed E-state index contributed by atoms with van der Waals surface area (Å²) in [6.07, 6.45) is 2.67. The van der Waals surface area contributed by atoms with Gasteiger partial charge in [0.25, 0.3) is 0 Å². The van der Waals surface area contributed by atoms with E-state index in [0.717, 1.165) is 5.41 Å². The molecule has 1 aromatic heterocycles. The van der Waals surface area contributed by atoms with Crippen LogP contribution >= 0.6 is 0 Å². The van der Waals surface area contributed by atoms with Crippen LogP contribution in [0.25, 0.3) is 0 Å². The van der Waals surface area contributed by atoms with Crippen LogP contribution in [0.3, 0.4) is 0 Å². The Morgan fingerprint density at radius 3 is 2.67 bits per heavy atom. The smallest absolute Gasteiger partial charge is 0.341 e. The van der Waals surface area contributed by atoms with Crippen molar-refractivity contribution in [1.29, 1.82) is 0 Å². The standard InChI is InChI=1S/C11H11NO5S/c1-7-4-10(13)9(11(14)15)5-12(7)8-2-3-18(16,17)6-8/h2-5,8H,6H2,1H3,(H,14,15). The molecule has 2 heterocycles. The highest BCUT2D eigenvalue weighted by molar-refractivity contribution is 7.94. The molecule has 0 aliphatic carbocycles. The number of allylic oxidation sites excluding steroid dienone is 1. The minimum absolute atomic E-state index is 0.115. The van der Waals surface area contributed by atoms with Crippen molar-refractivity contribution in [3.63, 3.8) is 0 Å². The number of aromatic nitrogens is 1. The first-order chi connectivity index (χ1) is 8.30. The maximum absolute atomic E-state index is 11.4. The molecule has 6 nitrogen and oxygen atoms in total. The summed E-state index contributed by atoms with van der Waals surface area (Å²) in [6, 6.07) is 0.732. The zero-order valence-corrected chi connectivity index (χ0v) is 10.3. The molecule has 2 rings (SSSR count). The molecular weight excluding hydrogens is 258 g/mol. The minimum atomic E-state index is -3.23. The summed E-state index contributed by atoms with van der Waals surface area (Å²) < 4.78 is 24.2. The Kier molecular flexibility index (Phi) is 2.86. The van der Waals surface area contributed by atoms with Crippen molar-refractivity contribution >= 4 is 15.8 Å². The van der Waals surface area contributed by atoms with Crippen molar-refractivity contribution in [2.75, 3.05) is 5.75 Å². The van der Waals surface area contributed by atoms with Crippen LogP contribution in [0.15, 0.2) is 28.5 Å². The van der Waals surface area contributed by atoms with Crippen molar-refractivity contribution in [3.05, 3.63) is 45.2 Å². The normalized spacial score (nSPS) is 21.1. The van der Waals surface area contributed by atoms with Gasteiger partial charge in [-0.05, 0) is 13.0 Å². The second-order valence-corrected chi connectivity index (χ2v) is 6.06. The van der Waals surface area contributed by atoms with E-state index in [-0.39, 0.29) is 11.3 Å². The predicted octanol–water partition coefficient (Wildman–Crippen LogP) is 0.338. The molecule has 0 bridgehead atoms. The fraction of sp³-hybridized carbons (Fsp3) is 0.273. The molecule has 96 valence electrons. The second-order valence-electron chi connectivity index (χ2n) is 4.13. The van der Waals surface area contributed by atoms with Crippen LogP contribution in [0.2, 0.25) is 0 Å². The van der Waals surface area contributed by atoms with Crippen LogP contribution in [0.5, 0.6) is 0 Å². The van der Waals surface area contributed by atoms with Gasteiger partial charge in [-0.3, -0.25) is 4.79 Å². The fourth-order valence-corrected chi connectivity index (χ4v) is 3.18. The lowest BCUT2D eigenvalue weighted by molar-refractivity contribution is 0.0694. The molecule has 18 heavy (non-hydrogen) atoms. The molecule has 1 aliphatic heterocycles. The van der Waals surface area contributed by atoms with Gasteiger partial charge < -0.3 is 9.67 Å². The van der Waals surface area contributed by atoms with Gasteiger partial charge in [-0.1, -0.05) is 0 Å². The molecule has 0 saturated heterocycles. The number of rotatable bonds is 2. The van der Waals surface area contributed by atoms with Gasteiger partial charge >= 0.3 is 5.97 Å². The third kappa shape index (κ3) is 2.21. The molecule has 1 atom stereocenters. The lowest BCUT2D eigenvalue weighted by atomic mass is 10.2. The van der Waals surface area contributed by atoms with Crippen molar-refractivity contribution in [2.24, 2.45) is 0 Å². The first-order valence-electron chi connectivity index (χ1n) is 5.17. The molecule has 0 saturated carbocycles. The summed E-state index contributed by atoms with van der Waals surface area (Å²) in [5.41, 5.74) is -0.420. The van der Waals surface area contributed by atoms with E-state index in [1.54, 1.807) is 6.92 Å². The largest absolute Gasteiger partial charge is 0.477 e. The maximum atomic E-state index is 11.4. The van der Waals surface area contributed by atoms with Crippen LogP contribution in [0.1, 0.15) is 22.1 Å². The lowest BCUT2D eigenvalue weighted by Gasteiger charge is -2.16. The molecule has 0 aromatic carbocycles. The first-order valence-corrected chi connectivity index (χ1v) is 6.89. The maximum Gasteiger partial charge on any atom is 0.341 e. The molecule has 1 aromatic rings. The highest BCUT2D eigenvalue weighted by Crippen LogP contribution is 2.21. The van der Waals surface area contributed by atoms with E-state index < -0.39 is 27.3 Å². The highest BCUT2D eigenvalue weighted by Gasteiger charge is 2.24. The Balaban J connectivity index is 2.53. The van der Waals surface area contributed by atoms with E-state index in [1.807, 2.05) is 0 Å². The number of hydrogen-bond acceptors (Lipinski definition) is 4. The van der Waals surface area contributed by atoms with E-state index in [0.29, 0.717) is 5.69 Å². The van der Waals surface area contributed by atoms with Crippen LogP contribution in [-0.4, -0.2) is 29.8 Å². The van der Waals surface area contributed by atoms with E-state index in [4.69, 9.17) is 5.11 Å². The highest BCUT2D eigenvalue weighted by atomic mass is 32.2. The monoisotopic (exact) mass is 269 g/mol. The zero-order chi connectivity index (χ0) is 13.5. The lowest BCUT2D eigenvalue weighted by Crippen LogP contribution is -2.22. The van der Waals surface area contributed by atoms with E-state index in [2.05, 4.69) is 0 Å². The minimum Gasteiger partial charge on any atom is -0.477 e. The topological polar surface area (TPSA) is 93.4 Å². The Morgan fingerprint density at radius 2 is 2.17 bits per heavy atom. The number of aryl methyl sites for hydroxylation is 1. The third-order valence-corrected chi connectivity index (χ3v) is 4.16. The third-order valence-electron chi connectivity index (χ3n) is 2.78. The summed E-state index contributed by atoms with van der Waals surface area (Å²) in [4.78, 5) is 22.3. The Labute approximate surface area is 103 Å². The van der Waals surface area contributed by atoms with Crippen molar-refractivity contribution in [1.82, 2.24) is 4.57 Å². The SMILES string of the molecule is Cc1cc(=O)c(C(=O)O)cn1C1C=CS(=O)(=O)C1. The Morgan fingerprint density at radius 1 is 1.50 bits per heavy atom. The molecular formula is C11H11NO5S. The van der Waals surface area contributed by atoms with Crippen molar-refractivity contribution in [2.45, 2.75) is 13.0 Å². The number of pyridine rings is 1. The van der Waals surface area contributed by atoms with Crippen LogP contribution < -0.4 is 5.43 Å². The van der Waals surface area contributed by atoms with Crippen LogP contribution in [-0.2, 0) is 9.84 Å². The van der Waals surface area contributed by atoms with Gasteiger partial charge in [0.1, 0.15) is 5.56 Å². The molecule has 0 fully saturated rings. The average molecular weight is 269 g/mol. The molecule has 7 heteroatoms. The number of carboxylic acids is 1. The van der Waals surface area contributed by atoms with Crippen molar-refractivity contribution < 1.29 is 18.3 Å². The Hall–Kier alpha value is -1.89. The van der Waals surface area contributed by atoms with Crippen LogP contribution in [0.4, 0.5) is 0 Å². The van der Waals surface area contributed by atoms with Gasteiger partial charge in [-0.25, -0.2) is 13.2 Å². The number of carboxylic acid groups (broad SMARTS) is 1. The molecule has 0 radical (unpaired) electrons. The average Bonchev–Trinajstić information content (AvgIpc) is 2.58. The summed E-state index contributed by atoms with van der Waals surface area (Å²) >= 11 is 0. The number of nitrogens with zero attached hydrogens (tertiary/aromatic N) is 1. The van der Waals surface area contributed by atoms with Gasteiger partial charge in [0, 0.05) is 23.4 Å². The van der Waals surface area contributed by atoms with Gasteiger partial charge in [0.05, 0.1) is 11.8 Å². The van der Waals surface area contributed by atoms with Gasteiger partial charge in [-0.2, -0.15) is 0 Å². The van der Waals surface area contributed by atoms with Gasteiger partial charge in [-0.15, -0.1) is 0 Å². The molecule has 1 aliphatic rings. The summed E-state index contributed by atoms with van der Waals surface area (Å²) in [7, 11) is -3.23. The fourth-order valence-electron chi connectivity index (χ4n) is 1.90. The van der Waals surface area contributed by atoms with E-state index in [1.165, 1.54) is 22.9 Å². The number of hydrogen-bond donors (Lipinski definition) is 1. The van der Waals surface area contributed by atoms with E-state index >= 15 is 0 Å². The molecule has 0 amide bonds. The number of sulfone groups is 1.